The molecule has 1 saturated heterocycles. The number of allylic oxidation sites excluding steroid dienone is 3. The van der Waals surface area contributed by atoms with Crippen molar-refractivity contribution in [2.75, 3.05) is 7.05 Å². The summed E-state index contributed by atoms with van der Waals surface area (Å²) in [6.07, 6.45) is 8.66. The third-order valence-corrected chi connectivity index (χ3v) is 4.17. The molecular weight excluding hydrogens is 266 g/mol. The van der Waals surface area contributed by atoms with Gasteiger partial charge in [0.25, 0.3) is 0 Å². The zero-order valence-electron chi connectivity index (χ0n) is 13.5. The summed E-state index contributed by atoms with van der Waals surface area (Å²) in [6.45, 7) is 7.67. The summed E-state index contributed by atoms with van der Waals surface area (Å²) in [5, 5.41) is 16.6. The molecule has 0 aromatic carbocycles. The Labute approximate surface area is 126 Å². The Morgan fingerprint density at radius 1 is 1.19 bits per heavy atom. The number of hydrogen-bond acceptors (Lipinski definition) is 1. The fourth-order valence-electron chi connectivity index (χ4n) is 3.24. The first-order valence-electron chi connectivity index (χ1n) is 7.41. The van der Waals surface area contributed by atoms with Crippen LogP contribution >= 0.6 is 0 Å². The van der Waals surface area contributed by atoms with Gasteiger partial charge in [-0.15, -0.1) is 6.04 Å². The van der Waals surface area contributed by atoms with Gasteiger partial charge in [-0.2, -0.15) is 0 Å². The molecule has 5 nitrogen and oxygen atoms in total. The van der Waals surface area contributed by atoms with Gasteiger partial charge in [-0.25, -0.2) is 0 Å². The Balaban J connectivity index is 2.14. The van der Waals surface area contributed by atoms with Gasteiger partial charge in [-0.05, 0) is 0 Å². The maximum atomic E-state index is 12.3. The molecule has 0 aromatic heterocycles. The van der Waals surface area contributed by atoms with E-state index in [4.69, 9.17) is 0 Å². The largest absolute Gasteiger partial charge is 0.646 e. The van der Waals surface area contributed by atoms with Crippen molar-refractivity contribution in [3.63, 3.8) is 0 Å². The number of hydrogen-bond donors (Lipinski definition) is 1. The van der Waals surface area contributed by atoms with E-state index in [9.17, 15) is 10.0 Å². The molecule has 0 aromatic rings. The predicted molar refractivity (Wildman–Crippen MR) is 81.0 cm³/mol. The third-order valence-electron chi connectivity index (χ3n) is 4.17. The van der Waals surface area contributed by atoms with Crippen LogP contribution in [0.15, 0.2) is 36.0 Å². The topological polar surface area (TPSA) is 58.5 Å². The summed E-state index contributed by atoms with van der Waals surface area (Å²) < 4.78 is 1.16. The predicted octanol–water partition coefficient (Wildman–Crippen LogP) is 2.06. The molecule has 1 fully saturated rings. The Hall–Kier alpha value is -1.62. The SMILES string of the molecule is C[NH+]1C=CC(=C([O])[N-]C2CC(C)(C)[N+](=O)C(C)(C)C2)C=C1. The highest BCUT2D eigenvalue weighted by atomic mass is 16.3. The quantitative estimate of drug-likeness (QED) is 0.614. The molecule has 2 rings (SSSR count). The van der Waals surface area contributed by atoms with E-state index >= 15 is 0 Å². The van der Waals surface area contributed by atoms with Crippen LogP contribution < -0.4 is 4.90 Å². The first kappa shape index (κ1) is 15.8. The second-order valence-electron chi connectivity index (χ2n) is 7.28. The van der Waals surface area contributed by atoms with Gasteiger partial charge in [0.15, 0.2) is 0 Å². The van der Waals surface area contributed by atoms with Crippen LogP contribution in [0.2, 0.25) is 0 Å². The normalized spacial score (nSPS) is 27.8. The van der Waals surface area contributed by atoms with E-state index in [-0.39, 0.29) is 11.9 Å². The fraction of sp³-hybridized carbons (Fsp3) is 0.625. The van der Waals surface area contributed by atoms with E-state index in [1.54, 1.807) is 12.2 Å². The van der Waals surface area contributed by atoms with Crippen molar-refractivity contribution in [2.45, 2.75) is 57.7 Å². The standard InChI is InChI=1S/C16H24N3O2/c1-15(2)10-13(11-16(3,4)19(15)21)17-14(20)12-6-8-18(5)9-7-12/h6-9,13H,10-11H2,1-5H3/p+1. The molecule has 2 aliphatic rings. The molecule has 2 aliphatic heterocycles. The lowest BCUT2D eigenvalue weighted by atomic mass is 9.79. The summed E-state index contributed by atoms with van der Waals surface area (Å²) in [5.74, 6) is -0.189. The minimum atomic E-state index is -0.497. The molecule has 5 heteroatoms. The van der Waals surface area contributed by atoms with Crippen molar-refractivity contribution in [3.8, 4) is 0 Å². The number of rotatable bonds is 2. The van der Waals surface area contributed by atoms with Gasteiger partial charge in [-0.3, -0.25) is 4.90 Å². The lowest BCUT2D eigenvalue weighted by Gasteiger charge is -2.43. The van der Waals surface area contributed by atoms with Crippen molar-refractivity contribution in [1.29, 1.82) is 0 Å². The molecule has 0 atom stereocenters. The Morgan fingerprint density at radius 3 is 2.14 bits per heavy atom. The summed E-state index contributed by atoms with van der Waals surface area (Å²) >= 11 is 0. The van der Waals surface area contributed by atoms with Crippen molar-refractivity contribution in [3.05, 3.63) is 46.2 Å². The molecule has 1 N–H and O–H groups in total. The van der Waals surface area contributed by atoms with Crippen LogP contribution in [0.25, 0.3) is 5.32 Å². The number of nitrogens with one attached hydrogen (secondary N) is 1. The zero-order chi connectivity index (χ0) is 15.8. The third kappa shape index (κ3) is 3.35. The first-order chi connectivity index (χ1) is 9.62. The van der Waals surface area contributed by atoms with Gasteiger partial charge in [-0.1, -0.05) is 0 Å². The summed E-state index contributed by atoms with van der Waals surface area (Å²) in [5.41, 5.74) is -0.381. The monoisotopic (exact) mass is 291 g/mol. The van der Waals surface area contributed by atoms with Crippen LogP contribution in [0.1, 0.15) is 40.5 Å². The van der Waals surface area contributed by atoms with E-state index in [1.807, 2.05) is 47.1 Å². The van der Waals surface area contributed by atoms with E-state index in [0.717, 1.165) is 9.66 Å². The molecule has 0 bridgehead atoms. The fourth-order valence-corrected chi connectivity index (χ4v) is 3.24. The molecular formula is C16H25N3O2+. The van der Waals surface area contributed by atoms with E-state index in [0.29, 0.717) is 18.4 Å². The highest BCUT2D eigenvalue weighted by molar-refractivity contribution is 5.37. The zero-order valence-corrected chi connectivity index (χ0v) is 13.5. The second-order valence-corrected chi connectivity index (χ2v) is 7.28. The number of nitrogens with zero attached hydrogens (tertiary/aromatic N) is 2. The minimum absolute atomic E-state index is 0.103. The Bertz CT molecular complexity index is 494. The Kier molecular flexibility index (Phi) is 3.97. The van der Waals surface area contributed by atoms with Crippen LogP contribution in [0.3, 0.4) is 0 Å². The van der Waals surface area contributed by atoms with E-state index in [1.165, 1.54) is 0 Å². The smallest absolute Gasteiger partial charge is 0.204 e. The molecule has 0 amide bonds. The highest BCUT2D eigenvalue weighted by Gasteiger charge is 2.51. The summed E-state index contributed by atoms with van der Waals surface area (Å²) in [7, 11) is 1.99. The van der Waals surface area contributed by atoms with Crippen molar-refractivity contribution in [2.24, 2.45) is 0 Å². The van der Waals surface area contributed by atoms with Crippen molar-refractivity contribution in [1.82, 2.24) is 0 Å². The first-order valence-corrected chi connectivity index (χ1v) is 7.41. The molecule has 0 aliphatic carbocycles. The van der Waals surface area contributed by atoms with Crippen LogP contribution in [0.4, 0.5) is 0 Å². The highest BCUT2D eigenvalue weighted by Crippen LogP contribution is 2.38. The van der Waals surface area contributed by atoms with Gasteiger partial charge in [0.2, 0.25) is 11.1 Å². The van der Waals surface area contributed by atoms with Gasteiger partial charge in [0, 0.05) is 67.9 Å². The summed E-state index contributed by atoms with van der Waals surface area (Å²) in [4.78, 5) is 13.4. The van der Waals surface area contributed by atoms with Gasteiger partial charge >= 0.3 is 0 Å². The molecule has 0 spiro atoms. The van der Waals surface area contributed by atoms with Gasteiger partial charge in [0.1, 0.15) is 0 Å². The lowest BCUT2D eigenvalue weighted by molar-refractivity contribution is -0.766. The molecule has 115 valence electrons. The average Bonchev–Trinajstić information content (AvgIpc) is 2.36. The van der Waals surface area contributed by atoms with Crippen molar-refractivity contribution >= 4 is 0 Å². The van der Waals surface area contributed by atoms with Crippen LogP contribution in [-0.4, -0.2) is 28.9 Å². The maximum Gasteiger partial charge on any atom is 0.204 e. The molecule has 2 heterocycles. The number of nitroso groups, excluding NO2 is 1. The molecule has 1 radical (unpaired) electrons. The number of quaternary nitrogens is 1. The Morgan fingerprint density at radius 2 is 1.67 bits per heavy atom. The van der Waals surface area contributed by atoms with Gasteiger partial charge in [0.05, 0.1) is 25.3 Å². The van der Waals surface area contributed by atoms with E-state index in [2.05, 4.69) is 5.32 Å². The molecule has 0 unspecified atom stereocenters. The summed E-state index contributed by atoms with van der Waals surface area (Å²) in [6, 6.07) is -0.103. The molecule has 21 heavy (non-hydrogen) atoms. The number of piperidine rings is 1. The van der Waals surface area contributed by atoms with Crippen molar-refractivity contribution < 1.29 is 14.8 Å². The van der Waals surface area contributed by atoms with E-state index < -0.39 is 11.1 Å². The van der Waals surface area contributed by atoms with Crippen LogP contribution in [0, 0.1) is 4.91 Å². The maximum absolute atomic E-state index is 12.3. The average molecular weight is 291 g/mol. The van der Waals surface area contributed by atoms with Crippen LogP contribution in [-0.2, 0) is 5.11 Å². The van der Waals surface area contributed by atoms with Gasteiger partial charge < -0.3 is 10.4 Å². The van der Waals surface area contributed by atoms with Crippen LogP contribution in [0.5, 0.6) is 0 Å². The minimum Gasteiger partial charge on any atom is -0.646 e. The lowest BCUT2D eigenvalue weighted by Crippen LogP contribution is -2.99. The second kappa shape index (κ2) is 5.30. The molecule has 0 saturated carbocycles.